The van der Waals surface area contributed by atoms with Crippen LogP contribution in [-0.2, 0) is 14.9 Å². The predicted molar refractivity (Wildman–Crippen MR) is 82.2 cm³/mol. The number of hydrogen-bond acceptors (Lipinski definition) is 4. The second-order valence-corrected chi connectivity index (χ2v) is 7.08. The van der Waals surface area contributed by atoms with E-state index in [1.165, 1.54) is 0 Å². The third-order valence-corrected chi connectivity index (χ3v) is 4.21. The number of nitrogens with zero attached hydrogens (tertiary/aromatic N) is 3. The quantitative estimate of drug-likeness (QED) is 0.848. The van der Waals surface area contributed by atoms with Crippen molar-refractivity contribution in [1.29, 1.82) is 0 Å². The molecule has 0 unspecified atom stereocenters. The summed E-state index contributed by atoms with van der Waals surface area (Å²) in [7, 11) is 0. The van der Waals surface area contributed by atoms with E-state index in [1.807, 2.05) is 4.90 Å². The predicted octanol–water partition coefficient (Wildman–Crippen LogP) is 1.97. The molecule has 2 aliphatic rings. The molecule has 1 fully saturated rings. The van der Waals surface area contributed by atoms with Crippen molar-refractivity contribution in [3.63, 3.8) is 0 Å². The lowest BCUT2D eigenvalue weighted by atomic mass is 9.96. The van der Waals surface area contributed by atoms with Crippen LogP contribution in [0.4, 0.5) is 0 Å². The van der Waals surface area contributed by atoms with Crippen molar-refractivity contribution < 1.29 is 9.53 Å². The van der Waals surface area contributed by atoms with Gasteiger partial charge in [-0.05, 0) is 12.8 Å². The number of hydrogen-bond donors (Lipinski definition) is 1. The summed E-state index contributed by atoms with van der Waals surface area (Å²) in [6.07, 6.45) is 5.68. The van der Waals surface area contributed by atoms with E-state index in [4.69, 9.17) is 4.74 Å². The molecule has 0 spiro atoms. The van der Waals surface area contributed by atoms with Crippen molar-refractivity contribution in [2.75, 3.05) is 19.7 Å². The van der Waals surface area contributed by atoms with Gasteiger partial charge in [-0.3, -0.25) is 9.89 Å². The maximum atomic E-state index is 12.5. The third kappa shape index (κ3) is 3.06. The average molecular weight is 304 g/mol. The molecule has 3 rings (SSSR count). The van der Waals surface area contributed by atoms with E-state index in [-0.39, 0.29) is 23.3 Å². The van der Waals surface area contributed by atoms with Crippen molar-refractivity contribution in [3.8, 4) is 0 Å². The van der Waals surface area contributed by atoms with Crippen molar-refractivity contribution >= 4 is 5.91 Å². The standard InChI is InChI=1S/C16H24N4O2/c1-16(2,3)15-17-13(18-19-15)12-10-20(8-9-22-12)14(21)11-6-4-5-7-11/h4-5,11-12H,6-10H2,1-3H3,(H,17,18,19)/t12-/m0/s1. The first-order valence-corrected chi connectivity index (χ1v) is 7.93. The van der Waals surface area contributed by atoms with Crippen LogP contribution in [0.1, 0.15) is 51.4 Å². The Bertz CT molecular complexity index is 565. The summed E-state index contributed by atoms with van der Waals surface area (Å²) >= 11 is 0. The maximum absolute atomic E-state index is 12.5. The Morgan fingerprint density at radius 3 is 2.73 bits per heavy atom. The number of carbonyl (C=O) groups is 1. The highest BCUT2D eigenvalue weighted by Crippen LogP contribution is 2.26. The van der Waals surface area contributed by atoms with Crippen molar-refractivity contribution in [2.24, 2.45) is 5.92 Å². The molecular formula is C16H24N4O2. The van der Waals surface area contributed by atoms with E-state index < -0.39 is 0 Å². The molecule has 0 bridgehead atoms. The smallest absolute Gasteiger partial charge is 0.226 e. The first-order valence-electron chi connectivity index (χ1n) is 7.93. The molecule has 1 atom stereocenters. The van der Waals surface area contributed by atoms with Crippen molar-refractivity contribution in [1.82, 2.24) is 20.1 Å². The lowest BCUT2D eigenvalue weighted by Gasteiger charge is -2.33. The van der Waals surface area contributed by atoms with Gasteiger partial charge in [0.05, 0.1) is 13.2 Å². The van der Waals surface area contributed by atoms with E-state index >= 15 is 0 Å². The number of allylic oxidation sites excluding steroid dienone is 2. The first kappa shape index (κ1) is 15.2. The van der Waals surface area contributed by atoms with E-state index in [0.717, 1.165) is 18.7 Å². The first-order chi connectivity index (χ1) is 10.4. The topological polar surface area (TPSA) is 71.1 Å². The van der Waals surface area contributed by atoms with Gasteiger partial charge < -0.3 is 9.64 Å². The van der Waals surface area contributed by atoms with Crippen molar-refractivity contribution in [2.45, 2.75) is 45.1 Å². The zero-order chi connectivity index (χ0) is 15.7. The molecule has 22 heavy (non-hydrogen) atoms. The Morgan fingerprint density at radius 1 is 1.36 bits per heavy atom. The molecular weight excluding hydrogens is 280 g/mol. The van der Waals surface area contributed by atoms with Gasteiger partial charge in [-0.15, -0.1) is 0 Å². The minimum Gasteiger partial charge on any atom is -0.367 e. The van der Waals surface area contributed by atoms with E-state index in [1.54, 1.807) is 0 Å². The molecule has 120 valence electrons. The molecule has 1 aliphatic heterocycles. The molecule has 1 aliphatic carbocycles. The van der Waals surface area contributed by atoms with Crippen LogP contribution in [0, 0.1) is 5.92 Å². The molecule has 6 heteroatoms. The molecule has 1 amide bonds. The fourth-order valence-corrected chi connectivity index (χ4v) is 2.85. The summed E-state index contributed by atoms with van der Waals surface area (Å²) in [6.45, 7) is 7.97. The number of carbonyl (C=O) groups excluding carboxylic acids is 1. The highest BCUT2D eigenvalue weighted by molar-refractivity contribution is 5.79. The van der Waals surface area contributed by atoms with Gasteiger partial charge >= 0.3 is 0 Å². The normalized spacial score (nSPS) is 23.2. The molecule has 1 aromatic rings. The number of rotatable bonds is 2. The van der Waals surface area contributed by atoms with Crippen LogP contribution in [0.2, 0.25) is 0 Å². The lowest BCUT2D eigenvalue weighted by molar-refractivity contribution is -0.143. The number of ether oxygens (including phenoxy) is 1. The van der Waals surface area contributed by atoms with Crippen LogP contribution in [0.3, 0.4) is 0 Å². The monoisotopic (exact) mass is 304 g/mol. The molecule has 0 saturated carbocycles. The van der Waals surface area contributed by atoms with Gasteiger partial charge in [0.1, 0.15) is 6.10 Å². The number of H-pyrrole nitrogens is 1. The Morgan fingerprint density at radius 2 is 2.09 bits per heavy atom. The number of aromatic amines is 1. The minimum atomic E-state index is -0.212. The lowest BCUT2D eigenvalue weighted by Crippen LogP contribution is -2.44. The van der Waals surface area contributed by atoms with Gasteiger partial charge in [-0.1, -0.05) is 32.9 Å². The van der Waals surface area contributed by atoms with Gasteiger partial charge in [0, 0.05) is 17.9 Å². The van der Waals surface area contributed by atoms with Crippen LogP contribution in [0.15, 0.2) is 12.2 Å². The Hall–Kier alpha value is -1.69. The zero-order valence-corrected chi connectivity index (χ0v) is 13.5. The second-order valence-electron chi connectivity index (χ2n) is 7.08. The molecule has 0 aromatic carbocycles. The number of aromatic nitrogens is 3. The molecule has 2 heterocycles. The molecule has 1 saturated heterocycles. The van der Waals surface area contributed by atoms with Crippen molar-refractivity contribution in [3.05, 3.63) is 23.8 Å². The van der Waals surface area contributed by atoms with Gasteiger partial charge in [-0.2, -0.15) is 5.10 Å². The van der Waals surface area contributed by atoms with Gasteiger partial charge in [-0.25, -0.2) is 4.98 Å². The van der Waals surface area contributed by atoms with Crippen LogP contribution >= 0.6 is 0 Å². The van der Waals surface area contributed by atoms with Crippen LogP contribution < -0.4 is 0 Å². The number of morpholine rings is 1. The van der Waals surface area contributed by atoms with E-state index in [2.05, 4.69) is 48.1 Å². The Kier molecular flexibility index (Phi) is 4.04. The van der Waals surface area contributed by atoms with Crippen LogP contribution in [0.25, 0.3) is 0 Å². The Labute approximate surface area is 130 Å². The summed E-state index contributed by atoms with van der Waals surface area (Å²) < 4.78 is 5.79. The fraction of sp³-hybridized carbons (Fsp3) is 0.688. The Balaban J connectivity index is 1.67. The summed E-state index contributed by atoms with van der Waals surface area (Å²) in [5, 5.41) is 7.26. The van der Waals surface area contributed by atoms with Gasteiger partial charge in [0.2, 0.25) is 5.91 Å². The van der Waals surface area contributed by atoms with Crippen LogP contribution in [-0.4, -0.2) is 45.7 Å². The van der Waals surface area contributed by atoms with E-state index in [9.17, 15) is 4.79 Å². The summed E-state index contributed by atoms with van der Waals surface area (Å²) in [5.41, 5.74) is -0.103. The average Bonchev–Trinajstić information content (AvgIpc) is 3.17. The minimum absolute atomic E-state index is 0.103. The molecule has 1 N–H and O–H groups in total. The third-order valence-electron chi connectivity index (χ3n) is 4.21. The summed E-state index contributed by atoms with van der Waals surface area (Å²) in [6, 6.07) is 0. The van der Waals surface area contributed by atoms with Gasteiger partial charge in [0.15, 0.2) is 11.6 Å². The number of nitrogens with one attached hydrogen (secondary N) is 1. The highest BCUT2D eigenvalue weighted by atomic mass is 16.5. The maximum Gasteiger partial charge on any atom is 0.226 e. The molecule has 1 aromatic heterocycles. The molecule has 6 nitrogen and oxygen atoms in total. The largest absolute Gasteiger partial charge is 0.367 e. The van der Waals surface area contributed by atoms with Gasteiger partial charge in [0.25, 0.3) is 0 Å². The van der Waals surface area contributed by atoms with Crippen LogP contribution in [0.5, 0.6) is 0 Å². The highest BCUT2D eigenvalue weighted by Gasteiger charge is 2.32. The number of amides is 1. The SMILES string of the molecule is CC(C)(C)c1n[nH]c([C@@H]2CN(C(=O)C3CC=CC3)CCO2)n1. The fourth-order valence-electron chi connectivity index (χ4n) is 2.85. The summed E-state index contributed by atoms with van der Waals surface area (Å²) in [5.74, 6) is 1.83. The summed E-state index contributed by atoms with van der Waals surface area (Å²) in [4.78, 5) is 19.0. The zero-order valence-electron chi connectivity index (χ0n) is 13.5. The molecule has 0 radical (unpaired) electrons. The van der Waals surface area contributed by atoms with E-state index in [0.29, 0.717) is 25.5 Å². The second kappa shape index (κ2) is 5.83.